The monoisotopic (exact) mass is 299 g/mol. The summed E-state index contributed by atoms with van der Waals surface area (Å²) in [6.07, 6.45) is 4.25. The normalized spacial score (nSPS) is 17.9. The smallest absolute Gasteiger partial charge is 0.295 e. The van der Waals surface area contributed by atoms with Crippen LogP contribution in [-0.4, -0.2) is 39.4 Å². The van der Waals surface area contributed by atoms with Gasteiger partial charge >= 0.3 is 0 Å². The molecule has 3 heterocycles. The van der Waals surface area contributed by atoms with Crippen molar-refractivity contribution in [2.24, 2.45) is 0 Å². The van der Waals surface area contributed by atoms with Crippen molar-refractivity contribution in [3.8, 4) is 22.9 Å². The molecule has 112 valence electrons. The number of ether oxygens (including phenoxy) is 2. The summed E-state index contributed by atoms with van der Waals surface area (Å²) in [6.45, 7) is 1.29. The Kier molecular flexibility index (Phi) is 3.12. The molecule has 1 saturated heterocycles. The Balaban J connectivity index is 1.69. The van der Waals surface area contributed by atoms with Crippen molar-refractivity contribution in [3.05, 3.63) is 30.7 Å². The lowest BCUT2D eigenvalue weighted by atomic mass is 10.2. The van der Waals surface area contributed by atoms with Gasteiger partial charge in [-0.1, -0.05) is 0 Å². The molecule has 0 unspecified atom stereocenters. The Morgan fingerprint density at radius 1 is 1.36 bits per heavy atom. The van der Waals surface area contributed by atoms with Gasteiger partial charge in [-0.15, -0.1) is 0 Å². The summed E-state index contributed by atoms with van der Waals surface area (Å²) in [5.41, 5.74) is 2.16. The zero-order valence-electron chi connectivity index (χ0n) is 11.7. The van der Waals surface area contributed by atoms with Gasteiger partial charge in [0.25, 0.3) is 12.0 Å². The first-order chi connectivity index (χ1) is 10.8. The van der Waals surface area contributed by atoms with E-state index in [4.69, 9.17) is 9.47 Å². The van der Waals surface area contributed by atoms with Gasteiger partial charge in [-0.25, -0.2) is 4.98 Å². The molecular formula is C15H15N4O3+. The molecule has 0 saturated carbocycles. The number of aromatic amines is 2. The van der Waals surface area contributed by atoms with Gasteiger partial charge in [-0.3, -0.25) is 0 Å². The minimum atomic E-state index is 0.0292. The number of hydrogen-bond donors (Lipinski definition) is 2. The number of fused-ring (bicyclic) bond motifs is 1. The van der Waals surface area contributed by atoms with Gasteiger partial charge in [-0.2, -0.15) is 4.98 Å². The van der Waals surface area contributed by atoms with Crippen molar-refractivity contribution in [1.29, 1.82) is 0 Å². The molecule has 7 nitrogen and oxygen atoms in total. The molecule has 7 heteroatoms. The second-order valence-electron chi connectivity index (χ2n) is 5.21. The number of aromatic nitrogens is 4. The van der Waals surface area contributed by atoms with E-state index in [1.807, 2.05) is 6.07 Å². The number of aromatic hydroxyl groups is 1. The number of rotatable bonds is 3. The molecule has 0 amide bonds. The van der Waals surface area contributed by atoms with E-state index in [0.29, 0.717) is 30.4 Å². The van der Waals surface area contributed by atoms with Crippen LogP contribution in [0.5, 0.6) is 11.5 Å². The van der Waals surface area contributed by atoms with E-state index in [1.54, 1.807) is 24.7 Å². The molecule has 4 rings (SSSR count). The molecule has 2 aromatic heterocycles. The zero-order chi connectivity index (χ0) is 14.9. The van der Waals surface area contributed by atoms with Crippen LogP contribution in [0.1, 0.15) is 6.42 Å². The van der Waals surface area contributed by atoms with E-state index >= 15 is 0 Å². The number of phenolic OH excluding ortho intramolecular Hbond substituents is 1. The molecule has 1 aromatic carbocycles. The number of hydrogen-bond acceptors (Lipinski definition) is 5. The predicted molar refractivity (Wildman–Crippen MR) is 77.4 cm³/mol. The van der Waals surface area contributed by atoms with Crippen molar-refractivity contribution in [3.63, 3.8) is 0 Å². The van der Waals surface area contributed by atoms with E-state index in [1.165, 1.54) is 0 Å². The molecule has 0 radical (unpaired) electrons. The van der Waals surface area contributed by atoms with E-state index in [2.05, 4.69) is 19.9 Å². The molecule has 1 aliphatic rings. The summed E-state index contributed by atoms with van der Waals surface area (Å²) in [7, 11) is 0. The van der Waals surface area contributed by atoms with E-state index < -0.39 is 0 Å². The lowest BCUT2D eigenvalue weighted by molar-refractivity contribution is -0.380. The number of phenols is 1. The lowest BCUT2D eigenvalue weighted by Crippen LogP contribution is -2.15. The third-order valence-electron chi connectivity index (χ3n) is 3.56. The highest BCUT2D eigenvalue weighted by molar-refractivity contribution is 5.75. The highest BCUT2D eigenvalue weighted by Gasteiger charge is 2.18. The van der Waals surface area contributed by atoms with Crippen LogP contribution in [0.2, 0.25) is 0 Å². The highest BCUT2D eigenvalue weighted by atomic mass is 16.5. The van der Waals surface area contributed by atoms with Crippen LogP contribution >= 0.6 is 0 Å². The van der Waals surface area contributed by atoms with Crippen molar-refractivity contribution in [2.45, 2.75) is 12.5 Å². The second-order valence-corrected chi connectivity index (χ2v) is 5.21. The van der Waals surface area contributed by atoms with Crippen LogP contribution in [0.25, 0.3) is 22.6 Å². The minimum Gasteiger partial charge on any atom is -0.508 e. The lowest BCUT2D eigenvalue weighted by Gasteiger charge is -2.12. The first kappa shape index (κ1) is 13.0. The number of H-pyrrole nitrogens is 2. The van der Waals surface area contributed by atoms with Gasteiger partial charge in [0.2, 0.25) is 0 Å². The molecular weight excluding hydrogens is 284 g/mol. The largest absolute Gasteiger partial charge is 0.508 e. The Bertz CT molecular complexity index is 778. The maximum Gasteiger partial charge on any atom is 0.295 e. The molecule has 22 heavy (non-hydrogen) atoms. The van der Waals surface area contributed by atoms with Crippen molar-refractivity contribution >= 4 is 11.2 Å². The van der Waals surface area contributed by atoms with Crippen molar-refractivity contribution in [1.82, 2.24) is 15.0 Å². The summed E-state index contributed by atoms with van der Waals surface area (Å²) in [5.74, 6) is 1.36. The summed E-state index contributed by atoms with van der Waals surface area (Å²) >= 11 is 0. The Hall–Kier alpha value is -2.67. The summed E-state index contributed by atoms with van der Waals surface area (Å²) in [5, 5.41) is 9.93. The third kappa shape index (κ3) is 2.46. The minimum absolute atomic E-state index is 0.0292. The van der Waals surface area contributed by atoms with Gasteiger partial charge in [0, 0.05) is 18.1 Å². The quantitative estimate of drug-likeness (QED) is 0.760. The van der Waals surface area contributed by atoms with Gasteiger partial charge in [0.1, 0.15) is 29.6 Å². The van der Waals surface area contributed by atoms with E-state index in [9.17, 15) is 5.11 Å². The highest BCUT2D eigenvalue weighted by Crippen LogP contribution is 2.29. The molecule has 1 aliphatic heterocycles. The number of nitrogens with one attached hydrogen (secondary N) is 2. The fraction of sp³-hybridized carbons (Fsp3) is 0.267. The van der Waals surface area contributed by atoms with E-state index in [-0.39, 0.29) is 11.9 Å². The summed E-state index contributed by atoms with van der Waals surface area (Å²) in [6, 6.07) is 5.08. The molecule has 3 aromatic rings. The molecule has 3 N–H and O–H groups in total. The number of imidazole rings is 1. The van der Waals surface area contributed by atoms with Gasteiger partial charge in [0.15, 0.2) is 5.52 Å². The Labute approximate surface area is 126 Å². The Morgan fingerprint density at radius 2 is 2.32 bits per heavy atom. The fourth-order valence-corrected chi connectivity index (χ4v) is 2.52. The van der Waals surface area contributed by atoms with Crippen LogP contribution in [0, 0.1) is 0 Å². The first-order valence-electron chi connectivity index (χ1n) is 7.08. The molecule has 1 atom stereocenters. The van der Waals surface area contributed by atoms with Crippen LogP contribution in [0.3, 0.4) is 0 Å². The van der Waals surface area contributed by atoms with Crippen LogP contribution < -0.4 is 9.72 Å². The van der Waals surface area contributed by atoms with Crippen LogP contribution in [0.15, 0.2) is 30.7 Å². The summed E-state index contributed by atoms with van der Waals surface area (Å²) in [4.78, 5) is 14.6. The maximum atomic E-state index is 9.93. The topological polar surface area (TPSA) is 94.4 Å². The molecule has 0 aliphatic carbocycles. The Morgan fingerprint density at radius 3 is 3.14 bits per heavy atom. The van der Waals surface area contributed by atoms with Crippen molar-refractivity contribution < 1.29 is 19.6 Å². The van der Waals surface area contributed by atoms with Gasteiger partial charge in [-0.05, 0) is 17.1 Å². The average molecular weight is 299 g/mol. The van der Waals surface area contributed by atoms with E-state index in [0.717, 1.165) is 17.5 Å². The molecule has 0 spiro atoms. The van der Waals surface area contributed by atoms with Gasteiger partial charge in [0.05, 0.1) is 13.2 Å². The molecule has 1 fully saturated rings. The fourth-order valence-electron chi connectivity index (χ4n) is 2.52. The first-order valence-corrected chi connectivity index (χ1v) is 7.08. The number of benzene rings is 1. The third-order valence-corrected chi connectivity index (χ3v) is 3.56. The average Bonchev–Trinajstić information content (AvgIpc) is 3.15. The van der Waals surface area contributed by atoms with Crippen molar-refractivity contribution in [2.75, 3.05) is 13.2 Å². The van der Waals surface area contributed by atoms with Gasteiger partial charge < -0.3 is 19.6 Å². The standard InChI is InChI=1S/C15H14N4O3/c20-10-3-9(4-12(5-10)22-11-1-2-21-7-11)14-18-13-6-16-8-17-15(13)19-14/h3-6,8,11,20H,1-2,7H2,(H,16,17,18,19)/p+1/t11-/m0/s1. The summed E-state index contributed by atoms with van der Waals surface area (Å²) < 4.78 is 11.1. The zero-order valence-corrected chi connectivity index (χ0v) is 11.7. The second kappa shape index (κ2) is 5.27. The number of nitrogens with zero attached hydrogens (tertiary/aromatic N) is 2. The predicted octanol–water partition coefficient (Wildman–Crippen LogP) is 1.31. The van der Waals surface area contributed by atoms with Crippen LogP contribution in [-0.2, 0) is 4.74 Å². The van der Waals surface area contributed by atoms with Crippen LogP contribution in [0.4, 0.5) is 0 Å². The maximum absolute atomic E-state index is 9.93. The molecule has 0 bridgehead atoms. The SMILES string of the molecule is Oc1cc(O[C@H]2CCOC2)cc(-c2nc3nc[nH+]cc3[nH]2)c1.